The monoisotopic (exact) mass is 409 g/mol. The van der Waals surface area contributed by atoms with E-state index in [9.17, 15) is 9.59 Å². The van der Waals surface area contributed by atoms with Gasteiger partial charge in [0.05, 0.1) is 23.8 Å². The van der Waals surface area contributed by atoms with Gasteiger partial charge in [0.1, 0.15) is 5.75 Å². The largest absolute Gasteiger partial charge is 0.497 e. The van der Waals surface area contributed by atoms with Gasteiger partial charge in [0.25, 0.3) is 5.56 Å². The van der Waals surface area contributed by atoms with Gasteiger partial charge in [0.15, 0.2) is 5.16 Å². The summed E-state index contributed by atoms with van der Waals surface area (Å²) in [7, 11) is 3.34. The number of nitrogens with zero attached hydrogens (tertiary/aromatic N) is 3. The number of carbonyl (C=O) groups excluding carboxylic acids is 1. The number of benzene rings is 2. The molecule has 0 N–H and O–H groups in total. The van der Waals surface area contributed by atoms with E-state index < -0.39 is 0 Å². The summed E-state index contributed by atoms with van der Waals surface area (Å²) >= 11 is 1.31. The van der Waals surface area contributed by atoms with Gasteiger partial charge in [-0.25, -0.2) is 4.98 Å². The molecule has 0 bridgehead atoms. The number of aromatic nitrogens is 2. The average molecular weight is 410 g/mol. The summed E-state index contributed by atoms with van der Waals surface area (Å²) in [5.41, 5.74) is 1.64. The second-order valence-electron chi connectivity index (χ2n) is 7.17. The van der Waals surface area contributed by atoms with Crippen LogP contribution in [-0.2, 0) is 18.4 Å². The van der Waals surface area contributed by atoms with Crippen LogP contribution in [0.4, 0.5) is 0 Å². The Morgan fingerprint density at radius 2 is 1.93 bits per heavy atom. The molecule has 0 aliphatic heterocycles. The lowest BCUT2D eigenvalue weighted by Crippen LogP contribution is -2.34. The molecular weight excluding hydrogens is 386 g/mol. The Labute approximate surface area is 173 Å². The van der Waals surface area contributed by atoms with E-state index in [0.29, 0.717) is 28.6 Å². The van der Waals surface area contributed by atoms with E-state index in [-0.39, 0.29) is 17.2 Å². The van der Waals surface area contributed by atoms with Gasteiger partial charge in [-0.3, -0.25) is 14.2 Å². The highest BCUT2D eigenvalue weighted by molar-refractivity contribution is 7.99. The van der Waals surface area contributed by atoms with Crippen molar-refractivity contribution in [2.24, 2.45) is 7.05 Å². The fourth-order valence-electron chi connectivity index (χ4n) is 3.27. The number of thioether (sulfide) groups is 1. The molecule has 0 spiro atoms. The number of hydrogen-bond acceptors (Lipinski definition) is 5. The molecule has 1 saturated carbocycles. The smallest absolute Gasteiger partial charge is 0.261 e. The Kier molecular flexibility index (Phi) is 5.58. The molecule has 150 valence electrons. The summed E-state index contributed by atoms with van der Waals surface area (Å²) in [6.45, 7) is 0.581. The zero-order valence-corrected chi connectivity index (χ0v) is 17.3. The van der Waals surface area contributed by atoms with Crippen molar-refractivity contribution in [3.63, 3.8) is 0 Å². The van der Waals surface area contributed by atoms with Crippen molar-refractivity contribution in [1.82, 2.24) is 14.5 Å². The molecule has 7 heteroatoms. The molecule has 0 saturated heterocycles. The molecule has 1 heterocycles. The third kappa shape index (κ3) is 4.29. The zero-order valence-electron chi connectivity index (χ0n) is 16.5. The minimum Gasteiger partial charge on any atom is -0.497 e. The lowest BCUT2D eigenvalue weighted by molar-refractivity contribution is -0.129. The number of ether oxygens (including phenoxy) is 1. The first-order valence-corrected chi connectivity index (χ1v) is 10.6. The number of para-hydroxylation sites is 1. The van der Waals surface area contributed by atoms with Crippen LogP contribution in [0, 0.1) is 0 Å². The van der Waals surface area contributed by atoms with Gasteiger partial charge in [-0.15, -0.1) is 0 Å². The lowest BCUT2D eigenvalue weighted by atomic mass is 10.2. The molecule has 1 aliphatic carbocycles. The lowest BCUT2D eigenvalue weighted by Gasteiger charge is -2.22. The molecule has 29 heavy (non-hydrogen) atoms. The Morgan fingerprint density at radius 3 is 2.62 bits per heavy atom. The summed E-state index contributed by atoms with van der Waals surface area (Å²) in [5, 5.41) is 1.15. The summed E-state index contributed by atoms with van der Waals surface area (Å²) in [4.78, 5) is 32.0. The topological polar surface area (TPSA) is 64.4 Å². The standard InChI is InChI=1S/C22H23N3O3S/c1-24-21(27)18-5-3-4-6-19(18)23-22(24)29-14-20(26)25(16-9-10-16)13-15-7-11-17(28-2)12-8-15/h3-8,11-12,16H,9-10,13-14H2,1-2H3. The van der Waals surface area contributed by atoms with Gasteiger partial charge in [-0.2, -0.15) is 0 Å². The van der Waals surface area contributed by atoms with Crippen molar-refractivity contribution in [2.75, 3.05) is 12.9 Å². The summed E-state index contributed by atoms with van der Waals surface area (Å²) < 4.78 is 6.72. The molecular formula is C22H23N3O3S. The van der Waals surface area contributed by atoms with Crippen LogP contribution in [0.3, 0.4) is 0 Å². The van der Waals surface area contributed by atoms with Crippen LogP contribution in [0.15, 0.2) is 58.5 Å². The normalized spacial score (nSPS) is 13.4. The third-order valence-electron chi connectivity index (χ3n) is 5.09. The Hall–Kier alpha value is -2.80. The van der Waals surface area contributed by atoms with Crippen molar-refractivity contribution in [3.05, 3.63) is 64.4 Å². The molecule has 0 radical (unpaired) electrons. The number of fused-ring (bicyclic) bond motifs is 1. The van der Waals surface area contributed by atoms with E-state index in [4.69, 9.17) is 4.74 Å². The molecule has 1 aromatic heterocycles. The molecule has 6 nitrogen and oxygen atoms in total. The number of methoxy groups -OCH3 is 1. The Balaban J connectivity index is 1.48. The zero-order chi connectivity index (χ0) is 20.4. The second kappa shape index (κ2) is 8.29. The van der Waals surface area contributed by atoms with Gasteiger partial charge in [0, 0.05) is 19.6 Å². The maximum atomic E-state index is 13.0. The third-order valence-corrected chi connectivity index (χ3v) is 6.10. The highest BCUT2D eigenvalue weighted by atomic mass is 32.2. The molecule has 4 rings (SSSR count). The van der Waals surface area contributed by atoms with Crippen LogP contribution in [0.5, 0.6) is 5.75 Å². The van der Waals surface area contributed by atoms with E-state index in [1.807, 2.05) is 47.4 Å². The van der Waals surface area contributed by atoms with E-state index in [0.717, 1.165) is 24.2 Å². The van der Waals surface area contributed by atoms with Crippen LogP contribution in [0.1, 0.15) is 18.4 Å². The van der Waals surface area contributed by atoms with Crippen molar-refractivity contribution >= 4 is 28.6 Å². The van der Waals surface area contributed by atoms with E-state index in [1.54, 1.807) is 20.2 Å². The fraction of sp³-hybridized carbons (Fsp3) is 0.318. The highest BCUT2D eigenvalue weighted by Crippen LogP contribution is 2.30. The molecule has 2 aromatic carbocycles. The quantitative estimate of drug-likeness (QED) is 0.443. The molecule has 0 unspecified atom stereocenters. The number of rotatable bonds is 7. The fourth-order valence-corrected chi connectivity index (χ4v) is 4.13. The first-order chi connectivity index (χ1) is 14.1. The van der Waals surface area contributed by atoms with E-state index in [2.05, 4.69) is 4.98 Å². The predicted molar refractivity (Wildman–Crippen MR) is 114 cm³/mol. The minimum atomic E-state index is -0.0946. The van der Waals surface area contributed by atoms with E-state index >= 15 is 0 Å². The van der Waals surface area contributed by atoms with Gasteiger partial charge in [-0.05, 0) is 42.7 Å². The second-order valence-corrected chi connectivity index (χ2v) is 8.11. The predicted octanol–water partition coefficient (Wildman–Crippen LogP) is 3.23. The Bertz CT molecular complexity index is 1090. The SMILES string of the molecule is COc1ccc(CN(C(=O)CSc2nc3ccccc3c(=O)n2C)C2CC2)cc1. The van der Waals surface area contributed by atoms with Crippen LogP contribution in [-0.4, -0.2) is 39.3 Å². The summed E-state index contributed by atoms with van der Waals surface area (Å²) in [5.74, 6) is 1.12. The van der Waals surface area contributed by atoms with Crippen LogP contribution >= 0.6 is 11.8 Å². The average Bonchev–Trinajstić information content (AvgIpc) is 3.59. The number of hydrogen-bond donors (Lipinski definition) is 0. The van der Waals surface area contributed by atoms with Crippen molar-refractivity contribution in [2.45, 2.75) is 30.6 Å². The van der Waals surface area contributed by atoms with Crippen molar-refractivity contribution in [1.29, 1.82) is 0 Å². The van der Waals surface area contributed by atoms with Crippen LogP contribution < -0.4 is 10.3 Å². The van der Waals surface area contributed by atoms with Gasteiger partial charge < -0.3 is 9.64 Å². The first kappa shape index (κ1) is 19.5. The number of carbonyl (C=O) groups is 1. The molecule has 3 aromatic rings. The maximum Gasteiger partial charge on any atom is 0.261 e. The van der Waals surface area contributed by atoms with Gasteiger partial charge in [-0.1, -0.05) is 36.0 Å². The summed E-state index contributed by atoms with van der Waals surface area (Å²) in [6.07, 6.45) is 2.08. The number of amides is 1. The van der Waals surface area contributed by atoms with Crippen LogP contribution in [0.2, 0.25) is 0 Å². The minimum absolute atomic E-state index is 0.0655. The van der Waals surface area contributed by atoms with Gasteiger partial charge >= 0.3 is 0 Å². The van der Waals surface area contributed by atoms with Crippen molar-refractivity contribution in [3.8, 4) is 5.75 Å². The maximum absolute atomic E-state index is 13.0. The molecule has 1 fully saturated rings. The van der Waals surface area contributed by atoms with Crippen molar-refractivity contribution < 1.29 is 9.53 Å². The first-order valence-electron chi connectivity index (χ1n) is 9.58. The van der Waals surface area contributed by atoms with Crippen LogP contribution in [0.25, 0.3) is 10.9 Å². The molecule has 1 aliphatic rings. The molecule has 0 atom stereocenters. The Morgan fingerprint density at radius 1 is 1.21 bits per heavy atom. The summed E-state index contributed by atoms with van der Waals surface area (Å²) in [6, 6.07) is 15.4. The molecule has 1 amide bonds. The van der Waals surface area contributed by atoms with E-state index in [1.165, 1.54) is 16.3 Å². The highest BCUT2D eigenvalue weighted by Gasteiger charge is 2.32. The van der Waals surface area contributed by atoms with Gasteiger partial charge in [0.2, 0.25) is 5.91 Å².